The Balaban J connectivity index is 1.14. The summed E-state index contributed by atoms with van der Waals surface area (Å²) in [6.45, 7) is 3.50. The van der Waals surface area contributed by atoms with Crippen molar-refractivity contribution >= 4 is 5.78 Å². The third-order valence-corrected chi connectivity index (χ3v) is 8.94. The van der Waals surface area contributed by atoms with Crippen LogP contribution in [0.4, 0.5) is 0 Å². The van der Waals surface area contributed by atoms with Crippen LogP contribution in [0.2, 0.25) is 0 Å². The van der Waals surface area contributed by atoms with E-state index in [1.165, 1.54) is 23.1 Å². The molecule has 2 saturated carbocycles. The maximum absolute atomic E-state index is 12.6. The van der Waals surface area contributed by atoms with Gasteiger partial charge in [0.2, 0.25) is 5.69 Å². The zero-order valence-electron chi connectivity index (χ0n) is 20.2. The molecule has 6 rings (SSSR count). The average Bonchev–Trinajstić information content (AvgIpc) is 3.35. The first-order chi connectivity index (χ1) is 16.5. The maximum Gasteiger partial charge on any atom is 0.204 e. The maximum atomic E-state index is 12.6. The number of carbonyl (C=O) groups excluding carboxylic acids is 1. The second kappa shape index (κ2) is 8.37. The van der Waals surface area contributed by atoms with Crippen LogP contribution in [-0.4, -0.2) is 15.7 Å². The van der Waals surface area contributed by atoms with Gasteiger partial charge in [-0.05, 0) is 78.7 Å². The number of ether oxygens (including phenoxy) is 1. The largest absolute Gasteiger partial charge is 0.485 e. The summed E-state index contributed by atoms with van der Waals surface area (Å²) in [5.41, 5.74) is 5.17. The molecule has 5 heteroatoms. The Labute approximate surface area is 201 Å². The number of carbonyl (C=O) groups is 1. The molecule has 0 amide bonds. The van der Waals surface area contributed by atoms with E-state index >= 15 is 0 Å². The Kier molecular flexibility index (Phi) is 5.31. The van der Waals surface area contributed by atoms with E-state index in [-0.39, 0.29) is 5.41 Å². The topological polar surface area (TPSA) is 48.0 Å². The van der Waals surface area contributed by atoms with E-state index in [0.717, 1.165) is 50.1 Å². The van der Waals surface area contributed by atoms with Crippen molar-refractivity contribution in [3.05, 3.63) is 77.1 Å². The molecule has 2 fully saturated rings. The van der Waals surface area contributed by atoms with Gasteiger partial charge in [-0.2, -0.15) is 0 Å². The molecule has 3 aliphatic rings. The number of hydrogen-bond acceptors (Lipinski definition) is 3. The van der Waals surface area contributed by atoms with Crippen LogP contribution in [0.3, 0.4) is 0 Å². The molecule has 0 bridgehead atoms. The first kappa shape index (κ1) is 21.6. The quantitative estimate of drug-likeness (QED) is 0.520. The van der Waals surface area contributed by atoms with Gasteiger partial charge in [0.1, 0.15) is 25.1 Å². The summed E-state index contributed by atoms with van der Waals surface area (Å²) in [6, 6.07) is 17.1. The number of aryl methyl sites for hydroxylation is 2. The van der Waals surface area contributed by atoms with E-state index < -0.39 is 0 Å². The van der Waals surface area contributed by atoms with Crippen LogP contribution in [0.1, 0.15) is 67.3 Å². The van der Waals surface area contributed by atoms with Crippen molar-refractivity contribution in [3.63, 3.8) is 0 Å². The van der Waals surface area contributed by atoms with E-state index in [2.05, 4.69) is 60.8 Å². The van der Waals surface area contributed by atoms with Gasteiger partial charge in [-0.25, -0.2) is 0 Å². The van der Waals surface area contributed by atoms with Crippen LogP contribution in [0.25, 0.3) is 0 Å². The number of rotatable bonds is 5. The molecule has 3 aromatic rings. The van der Waals surface area contributed by atoms with Crippen LogP contribution < -0.4 is 9.42 Å². The number of aromatic nitrogens is 3. The third-order valence-electron chi connectivity index (χ3n) is 8.94. The fraction of sp³-hybridized carbons (Fsp3) is 0.483. The Hall–Kier alpha value is -2.95. The summed E-state index contributed by atoms with van der Waals surface area (Å²) in [4.78, 5) is 12.6. The lowest BCUT2D eigenvalue weighted by atomic mass is 9.55. The summed E-state index contributed by atoms with van der Waals surface area (Å²) in [5.74, 6) is 3.31. The highest BCUT2D eigenvalue weighted by Gasteiger charge is 2.54. The fourth-order valence-electron chi connectivity index (χ4n) is 7.07. The number of nitrogens with zero attached hydrogens (tertiary/aromatic N) is 3. The lowest BCUT2D eigenvalue weighted by Crippen LogP contribution is -2.42. The normalized spacial score (nSPS) is 27.7. The summed E-state index contributed by atoms with van der Waals surface area (Å²) in [7, 11) is 1.97. The third kappa shape index (κ3) is 3.66. The van der Waals surface area contributed by atoms with Gasteiger partial charge in [0.15, 0.2) is 12.8 Å². The first-order valence-electron chi connectivity index (χ1n) is 12.8. The van der Waals surface area contributed by atoms with Gasteiger partial charge in [0.05, 0.1) is 5.21 Å². The van der Waals surface area contributed by atoms with Crippen LogP contribution in [0, 0.1) is 17.3 Å². The molecule has 0 unspecified atom stereocenters. The lowest BCUT2D eigenvalue weighted by Gasteiger charge is -2.48. The van der Waals surface area contributed by atoms with Gasteiger partial charge in [-0.3, -0.25) is 4.79 Å². The monoisotopic (exact) mass is 456 g/mol. The molecule has 3 aliphatic carbocycles. The lowest BCUT2D eigenvalue weighted by molar-refractivity contribution is -0.747. The smallest absolute Gasteiger partial charge is 0.204 e. The molecule has 1 aromatic heterocycles. The molecule has 0 radical (unpaired) electrons. The van der Waals surface area contributed by atoms with Crippen molar-refractivity contribution in [2.45, 2.75) is 64.5 Å². The van der Waals surface area contributed by atoms with Gasteiger partial charge >= 0.3 is 0 Å². The van der Waals surface area contributed by atoms with Crippen molar-refractivity contribution in [2.75, 3.05) is 0 Å². The molecule has 5 nitrogen and oxygen atoms in total. The number of fused-ring (bicyclic) bond motifs is 5. The zero-order chi connectivity index (χ0) is 23.3. The summed E-state index contributed by atoms with van der Waals surface area (Å²) in [5, 5.41) is 4.60. The minimum atomic E-state index is -0.0534. The van der Waals surface area contributed by atoms with E-state index in [9.17, 15) is 4.79 Å². The minimum absolute atomic E-state index is 0.0534. The molecule has 4 atom stereocenters. The van der Waals surface area contributed by atoms with Crippen LogP contribution in [0.5, 0.6) is 5.75 Å². The summed E-state index contributed by atoms with van der Waals surface area (Å²) in [6.07, 6.45) is 8.46. The van der Waals surface area contributed by atoms with Crippen molar-refractivity contribution in [2.24, 2.45) is 24.3 Å². The minimum Gasteiger partial charge on any atom is -0.485 e. The van der Waals surface area contributed by atoms with Gasteiger partial charge in [-0.1, -0.05) is 43.3 Å². The Morgan fingerprint density at radius 1 is 1.12 bits per heavy atom. The van der Waals surface area contributed by atoms with Crippen molar-refractivity contribution in [1.29, 1.82) is 0 Å². The van der Waals surface area contributed by atoms with Crippen molar-refractivity contribution in [1.82, 2.24) is 9.90 Å². The molecule has 0 saturated heterocycles. The molecular formula is C29H34N3O2+. The highest BCUT2D eigenvalue weighted by Crippen LogP contribution is 2.59. The van der Waals surface area contributed by atoms with E-state index in [1.54, 1.807) is 0 Å². The highest BCUT2D eigenvalue weighted by atomic mass is 16.5. The molecule has 34 heavy (non-hydrogen) atoms. The van der Waals surface area contributed by atoms with Crippen LogP contribution in [-0.2, 0) is 31.4 Å². The van der Waals surface area contributed by atoms with Gasteiger partial charge < -0.3 is 4.74 Å². The van der Waals surface area contributed by atoms with Crippen molar-refractivity contribution in [3.8, 4) is 5.75 Å². The predicted octanol–water partition coefficient (Wildman–Crippen LogP) is 4.76. The Bertz CT molecular complexity index is 1220. The molecule has 0 N–H and O–H groups in total. The van der Waals surface area contributed by atoms with Crippen LogP contribution >= 0.6 is 0 Å². The number of hydrogen-bond donors (Lipinski definition) is 0. The standard InChI is InChI=1S/C29H34N3O2/c1-29-15-14-25-24-11-9-23(16-21(24)8-10-26(25)27(29)12-13-28(29)33)34-19-22-18-32(30-31(22)2)17-20-6-4-3-5-7-20/h3-7,9,11,16,18,25-27H,8,10,12-15,17,19H2,1-2H3/q+1/t25-,26-,27+,29+/m1/s1. The number of ketones is 1. The van der Waals surface area contributed by atoms with Crippen molar-refractivity contribution < 1.29 is 14.2 Å². The molecular weight excluding hydrogens is 422 g/mol. The molecule has 176 valence electrons. The highest BCUT2D eigenvalue weighted by molar-refractivity contribution is 5.87. The number of benzene rings is 2. The van der Waals surface area contributed by atoms with Gasteiger partial charge in [0, 0.05) is 11.8 Å². The SMILES string of the molecule is Cn1n[n+](Cc2ccccc2)cc1COc1ccc2c(c1)CC[C@@H]1[C@@H]2CC[C@]2(C)C(=O)CC[C@@H]12. The average molecular weight is 457 g/mol. The number of Topliss-reactive ketones (excluding diaryl/α,β-unsaturated/α-hetero) is 1. The second-order valence-corrected chi connectivity index (χ2v) is 10.8. The molecule has 2 aromatic carbocycles. The Morgan fingerprint density at radius 3 is 2.82 bits per heavy atom. The summed E-state index contributed by atoms with van der Waals surface area (Å²) < 4.78 is 10.1. The van der Waals surface area contributed by atoms with Gasteiger partial charge in [0.25, 0.3) is 0 Å². The van der Waals surface area contributed by atoms with E-state index in [0.29, 0.717) is 30.1 Å². The molecule has 1 heterocycles. The first-order valence-corrected chi connectivity index (χ1v) is 12.8. The van der Waals surface area contributed by atoms with Crippen LogP contribution in [0.15, 0.2) is 54.7 Å². The predicted molar refractivity (Wildman–Crippen MR) is 129 cm³/mol. The Morgan fingerprint density at radius 2 is 1.97 bits per heavy atom. The molecule has 0 aliphatic heterocycles. The second-order valence-electron chi connectivity index (χ2n) is 10.8. The van der Waals surface area contributed by atoms with E-state index in [4.69, 9.17) is 4.74 Å². The zero-order valence-corrected chi connectivity index (χ0v) is 20.2. The van der Waals surface area contributed by atoms with Gasteiger partial charge in [-0.15, -0.1) is 9.36 Å². The summed E-state index contributed by atoms with van der Waals surface area (Å²) >= 11 is 0. The van der Waals surface area contributed by atoms with E-state index in [1.807, 2.05) is 22.5 Å². The molecule has 0 spiro atoms. The fourth-order valence-corrected chi connectivity index (χ4v) is 7.07.